The van der Waals surface area contributed by atoms with Crippen LogP contribution in [0.4, 0.5) is 5.82 Å². The molecule has 4 nitrogen and oxygen atoms in total. The average molecular weight is 256 g/mol. The lowest BCUT2D eigenvalue weighted by molar-refractivity contribution is 0.209. The van der Waals surface area contributed by atoms with Crippen LogP contribution >= 0.6 is 11.6 Å². The Balaban J connectivity index is 1.98. The second kappa shape index (κ2) is 6.17. The topological polar surface area (TPSA) is 58.0 Å². The zero-order valence-electron chi connectivity index (χ0n) is 9.77. The summed E-state index contributed by atoms with van der Waals surface area (Å²) in [7, 11) is 0. The minimum absolute atomic E-state index is 0.0584. The van der Waals surface area contributed by atoms with Gasteiger partial charge in [0.05, 0.1) is 25.0 Å². The minimum Gasteiger partial charge on any atom is -0.394 e. The molecule has 2 N–H and O–H groups in total. The normalized spacial score (nSPS) is 18.9. The van der Waals surface area contributed by atoms with E-state index in [-0.39, 0.29) is 12.6 Å². The number of aliphatic hydroxyl groups is 1. The van der Waals surface area contributed by atoms with Crippen molar-refractivity contribution in [3.05, 3.63) is 17.5 Å². The fraction of sp³-hybridized carbons (Fsp3) is 0.667. The highest BCUT2D eigenvalue weighted by Crippen LogP contribution is 2.27. The Labute approximate surface area is 106 Å². The summed E-state index contributed by atoms with van der Waals surface area (Å²) in [6, 6.07) is 0.0584. The van der Waals surface area contributed by atoms with Gasteiger partial charge >= 0.3 is 0 Å². The van der Waals surface area contributed by atoms with Gasteiger partial charge in [0, 0.05) is 0 Å². The summed E-state index contributed by atoms with van der Waals surface area (Å²) in [5, 5.41) is 13.1. The Morgan fingerprint density at radius 1 is 1.35 bits per heavy atom. The molecule has 2 rings (SSSR count). The molecule has 1 atom stereocenters. The molecule has 0 saturated heterocycles. The van der Waals surface area contributed by atoms with Crippen LogP contribution in [0.5, 0.6) is 0 Å². The van der Waals surface area contributed by atoms with Gasteiger partial charge in [-0.05, 0) is 18.8 Å². The first kappa shape index (κ1) is 12.6. The van der Waals surface area contributed by atoms with Crippen molar-refractivity contribution >= 4 is 17.4 Å². The summed E-state index contributed by atoms with van der Waals surface area (Å²) < 4.78 is 0. The molecule has 1 aromatic heterocycles. The van der Waals surface area contributed by atoms with Crippen molar-refractivity contribution in [2.45, 2.75) is 38.1 Å². The number of aliphatic hydroxyl groups excluding tert-OH is 1. The van der Waals surface area contributed by atoms with Crippen LogP contribution in [0.3, 0.4) is 0 Å². The molecule has 1 saturated carbocycles. The Morgan fingerprint density at radius 3 is 2.76 bits per heavy atom. The fourth-order valence-electron chi connectivity index (χ4n) is 2.45. The third-order valence-corrected chi connectivity index (χ3v) is 3.54. The van der Waals surface area contributed by atoms with Crippen molar-refractivity contribution in [3.8, 4) is 0 Å². The van der Waals surface area contributed by atoms with E-state index in [0.717, 1.165) is 0 Å². The van der Waals surface area contributed by atoms with E-state index in [1.807, 2.05) is 0 Å². The van der Waals surface area contributed by atoms with Crippen molar-refractivity contribution in [2.24, 2.45) is 5.92 Å². The lowest BCUT2D eigenvalue weighted by atomic mass is 9.84. The van der Waals surface area contributed by atoms with E-state index in [1.165, 1.54) is 38.3 Å². The molecule has 1 aliphatic rings. The van der Waals surface area contributed by atoms with Gasteiger partial charge in [-0.25, -0.2) is 4.98 Å². The summed E-state index contributed by atoms with van der Waals surface area (Å²) in [5.41, 5.74) is 0. The highest BCUT2D eigenvalue weighted by molar-refractivity contribution is 6.29. The quantitative estimate of drug-likeness (QED) is 0.868. The maximum absolute atomic E-state index is 9.47. The van der Waals surface area contributed by atoms with Crippen molar-refractivity contribution in [1.82, 2.24) is 9.97 Å². The molecule has 94 valence electrons. The predicted octanol–water partition coefficient (Wildman–Crippen LogP) is 2.48. The second-order valence-electron chi connectivity index (χ2n) is 4.56. The summed E-state index contributed by atoms with van der Waals surface area (Å²) in [6.07, 6.45) is 9.30. The number of nitrogens with zero attached hydrogens (tertiary/aromatic N) is 2. The monoisotopic (exact) mass is 255 g/mol. The van der Waals surface area contributed by atoms with Crippen LogP contribution in [-0.2, 0) is 0 Å². The third-order valence-electron chi connectivity index (χ3n) is 3.35. The van der Waals surface area contributed by atoms with Crippen LogP contribution in [0.1, 0.15) is 32.1 Å². The van der Waals surface area contributed by atoms with E-state index in [4.69, 9.17) is 11.6 Å². The predicted molar refractivity (Wildman–Crippen MR) is 68.1 cm³/mol. The first-order valence-corrected chi connectivity index (χ1v) is 6.52. The Hall–Kier alpha value is -0.870. The molecule has 0 amide bonds. The highest BCUT2D eigenvalue weighted by atomic mass is 35.5. The Bertz CT molecular complexity index is 355. The van der Waals surface area contributed by atoms with Gasteiger partial charge in [0.25, 0.3) is 0 Å². The minimum atomic E-state index is 0.0584. The molecule has 1 aliphatic carbocycles. The average Bonchev–Trinajstić information content (AvgIpc) is 2.37. The lowest BCUT2D eigenvalue weighted by Gasteiger charge is -2.29. The molecule has 0 radical (unpaired) electrons. The van der Waals surface area contributed by atoms with Crippen molar-refractivity contribution < 1.29 is 5.11 Å². The van der Waals surface area contributed by atoms with Crippen LogP contribution < -0.4 is 5.32 Å². The number of nitrogens with one attached hydrogen (secondary N) is 1. The molecule has 0 unspecified atom stereocenters. The van der Waals surface area contributed by atoms with E-state index in [1.54, 1.807) is 6.20 Å². The molecule has 1 heterocycles. The van der Waals surface area contributed by atoms with Gasteiger partial charge in [-0.15, -0.1) is 0 Å². The third kappa shape index (κ3) is 3.54. The number of aromatic nitrogens is 2. The molecule has 0 aromatic carbocycles. The number of halogens is 1. The van der Waals surface area contributed by atoms with Crippen molar-refractivity contribution in [2.75, 3.05) is 11.9 Å². The maximum Gasteiger partial charge on any atom is 0.149 e. The lowest BCUT2D eigenvalue weighted by Crippen LogP contribution is -2.34. The second-order valence-corrected chi connectivity index (χ2v) is 4.95. The van der Waals surface area contributed by atoms with E-state index in [0.29, 0.717) is 16.9 Å². The van der Waals surface area contributed by atoms with Gasteiger partial charge in [-0.2, -0.15) is 0 Å². The molecule has 17 heavy (non-hydrogen) atoms. The first-order chi connectivity index (χ1) is 8.29. The summed E-state index contributed by atoms with van der Waals surface area (Å²) >= 11 is 5.78. The molecule has 0 bridgehead atoms. The standard InChI is InChI=1S/C12H18ClN3O/c13-11-6-14-7-12(16-11)15-10(8-17)9-4-2-1-3-5-9/h6-7,9-10,17H,1-5,8H2,(H,15,16)/t10-/m0/s1. The molecular weight excluding hydrogens is 238 g/mol. The van der Waals surface area contributed by atoms with Crippen molar-refractivity contribution in [1.29, 1.82) is 0 Å². The zero-order chi connectivity index (χ0) is 12.1. The smallest absolute Gasteiger partial charge is 0.149 e. The fourth-order valence-corrected chi connectivity index (χ4v) is 2.60. The summed E-state index contributed by atoms with van der Waals surface area (Å²) in [4.78, 5) is 8.11. The maximum atomic E-state index is 9.47. The SMILES string of the molecule is OC[C@H](Nc1cncc(Cl)n1)C1CCCCC1. The first-order valence-electron chi connectivity index (χ1n) is 6.14. The van der Waals surface area contributed by atoms with Gasteiger partial charge in [0.2, 0.25) is 0 Å². The molecule has 5 heteroatoms. The van der Waals surface area contributed by atoms with Gasteiger partial charge in [0.1, 0.15) is 11.0 Å². The van der Waals surface area contributed by atoms with Gasteiger partial charge < -0.3 is 10.4 Å². The molecule has 1 aromatic rings. The largest absolute Gasteiger partial charge is 0.394 e. The van der Waals surface area contributed by atoms with E-state index in [9.17, 15) is 5.11 Å². The Kier molecular flexibility index (Phi) is 4.57. The summed E-state index contributed by atoms with van der Waals surface area (Å²) in [5.74, 6) is 1.16. The Morgan fingerprint density at radius 2 is 2.12 bits per heavy atom. The van der Waals surface area contributed by atoms with E-state index < -0.39 is 0 Å². The van der Waals surface area contributed by atoms with Crippen molar-refractivity contribution in [3.63, 3.8) is 0 Å². The number of hydrogen-bond donors (Lipinski definition) is 2. The number of rotatable bonds is 4. The van der Waals surface area contributed by atoms with Gasteiger partial charge in [0.15, 0.2) is 0 Å². The number of anilines is 1. The molecular formula is C12H18ClN3O. The molecule has 1 fully saturated rings. The van der Waals surface area contributed by atoms with E-state index >= 15 is 0 Å². The van der Waals surface area contributed by atoms with Crippen LogP contribution in [0.15, 0.2) is 12.4 Å². The van der Waals surface area contributed by atoms with Crippen LogP contribution in [-0.4, -0.2) is 27.7 Å². The number of hydrogen-bond acceptors (Lipinski definition) is 4. The van der Waals surface area contributed by atoms with Crippen LogP contribution in [0, 0.1) is 5.92 Å². The molecule has 0 spiro atoms. The zero-order valence-corrected chi connectivity index (χ0v) is 10.5. The summed E-state index contributed by atoms with van der Waals surface area (Å²) in [6.45, 7) is 0.124. The van der Waals surface area contributed by atoms with Gasteiger partial charge in [-0.3, -0.25) is 4.98 Å². The van der Waals surface area contributed by atoms with Crippen LogP contribution in [0.2, 0.25) is 5.15 Å². The van der Waals surface area contributed by atoms with Gasteiger partial charge in [-0.1, -0.05) is 30.9 Å². The highest BCUT2D eigenvalue weighted by Gasteiger charge is 2.23. The molecule has 0 aliphatic heterocycles. The van der Waals surface area contributed by atoms with E-state index in [2.05, 4.69) is 15.3 Å². The van der Waals surface area contributed by atoms with Crippen LogP contribution in [0.25, 0.3) is 0 Å².